The van der Waals surface area contributed by atoms with Crippen LogP contribution in [0.4, 0.5) is 0 Å². The fraction of sp³-hybridized carbons (Fsp3) is 0.333. The van der Waals surface area contributed by atoms with Crippen molar-refractivity contribution >= 4 is 11.8 Å². The van der Waals surface area contributed by atoms with E-state index in [1.807, 2.05) is 60.4 Å². The number of carbonyl (C=O) groups is 2. The zero-order valence-electron chi connectivity index (χ0n) is 14.5. The molecule has 4 heteroatoms. The maximum absolute atomic E-state index is 12.5. The summed E-state index contributed by atoms with van der Waals surface area (Å²) in [6, 6.07) is 19.9. The zero-order chi connectivity index (χ0) is 17.6. The van der Waals surface area contributed by atoms with Crippen LogP contribution in [0.1, 0.15) is 30.5 Å². The third-order valence-corrected chi connectivity index (χ3v) is 4.76. The van der Waals surface area contributed by atoms with Gasteiger partial charge in [0.25, 0.3) is 0 Å². The van der Waals surface area contributed by atoms with Gasteiger partial charge in [-0.05, 0) is 24.5 Å². The van der Waals surface area contributed by atoms with E-state index in [4.69, 9.17) is 0 Å². The Morgan fingerprint density at radius 3 is 2.44 bits per heavy atom. The Morgan fingerprint density at radius 1 is 1.12 bits per heavy atom. The second-order valence-corrected chi connectivity index (χ2v) is 6.62. The van der Waals surface area contributed by atoms with Gasteiger partial charge in [0.1, 0.15) is 0 Å². The predicted molar refractivity (Wildman–Crippen MR) is 97.8 cm³/mol. The van der Waals surface area contributed by atoms with Crippen molar-refractivity contribution < 1.29 is 9.59 Å². The third kappa shape index (κ3) is 4.47. The van der Waals surface area contributed by atoms with E-state index in [2.05, 4.69) is 17.4 Å². The summed E-state index contributed by atoms with van der Waals surface area (Å²) >= 11 is 0. The van der Waals surface area contributed by atoms with Gasteiger partial charge in [0.05, 0.1) is 12.0 Å². The number of benzene rings is 2. The van der Waals surface area contributed by atoms with Gasteiger partial charge in [0, 0.05) is 19.5 Å². The summed E-state index contributed by atoms with van der Waals surface area (Å²) < 4.78 is 0. The monoisotopic (exact) mass is 336 g/mol. The van der Waals surface area contributed by atoms with Crippen LogP contribution in [0.15, 0.2) is 60.7 Å². The van der Waals surface area contributed by atoms with Crippen molar-refractivity contribution in [3.05, 3.63) is 71.8 Å². The SMILES string of the molecule is CC(NC(=O)C1CC(=O)N(CCc2ccccc2)C1)c1ccccc1. The molecule has 2 unspecified atom stereocenters. The van der Waals surface area contributed by atoms with E-state index in [1.165, 1.54) is 5.56 Å². The molecule has 0 saturated carbocycles. The van der Waals surface area contributed by atoms with Crippen molar-refractivity contribution in [1.82, 2.24) is 10.2 Å². The van der Waals surface area contributed by atoms with Crippen molar-refractivity contribution in [3.63, 3.8) is 0 Å². The van der Waals surface area contributed by atoms with Crippen molar-refractivity contribution in [2.75, 3.05) is 13.1 Å². The molecule has 4 nitrogen and oxygen atoms in total. The Morgan fingerprint density at radius 2 is 1.76 bits per heavy atom. The van der Waals surface area contributed by atoms with Gasteiger partial charge in [0.2, 0.25) is 11.8 Å². The Balaban J connectivity index is 1.52. The molecule has 1 fully saturated rings. The number of nitrogens with one attached hydrogen (secondary N) is 1. The summed E-state index contributed by atoms with van der Waals surface area (Å²) in [6.07, 6.45) is 1.13. The number of likely N-dealkylation sites (tertiary alicyclic amines) is 1. The number of hydrogen-bond donors (Lipinski definition) is 1. The topological polar surface area (TPSA) is 49.4 Å². The Labute approximate surface area is 148 Å². The average Bonchev–Trinajstić information content (AvgIpc) is 3.02. The van der Waals surface area contributed by atoms with Gasteiger partial charge in [-0.3, -0.25) is 9.59 Å². The van der Waals surface area contributed by atoms with E-state index < -0.39 is 0 Å². The van der Waals surface area contributed by atoms with Crippen LogP contribution in [0.5, 0.6) is 0 Å². The number of amides is 2. The first-order valence-electron chi connectivity index (χ1n) is 8.80. The molecule has 0 bridgehead atoms. The second kappa shape index (κ2) is 7.97. The van der Waals surface area contributed by atoms with E-state index in [-0.39, 0.29) is 23.8 Å². The van der Waals surface area contributed by atoms with Gasteiger partial charge in [0.15, 0.2) is 0 Å². The summed E-state index contributed by atoms with van der Waals surface area (Å²) in [6.45, 7) is 3.15. The van der Waals surface area contributed by atoms with Crippen molar-refractivity contribution in [2.45, 2.75) is 25.8 Å². The minimum Gasteiger partial charge on any atom is -0.349 e. The van der Waals surface area contributed by atoms with Gasteiger partial charge in [-0.25, -0.2) is 0 Å². The second-order valence-electron chi connectivity index (χ2n) is 6.62. The lowest BCUT2D eigenvalue weighted by atomic mass is 10.1. The molecule has 1 aliphatic rings. The molecule has 2 aromatic carbocycles. The molecule has 0 aromatic heterocycles. The number of hydrogen-bond acceptors (Lipinski definition) is 2. The van der Waals surface area contributed by atoms with Gasteiger partial charge < -0.3 is 10.2 Å². The van der Waals surface area contributed by atoms with E-state index in [0.717, 1.165) is 12.0 Å². The van der Waals surface area contributed by atoms with Crippen LogP contribution in [-0.2, 0) is 16.0 Å². The highest BCUT2D eigenvalue weighted by Crippen LogP contribution is 2.20. The highest BCUT2D eigenvalue weighted by molar-refractivity contribution is 5.89. The minimum atomic E-state index is -0.255. The van der Waals surface area contributed by atoms with Crippen molar-refractivity contribution in [2.24, 2.45) is 5.92 Å². The molecule has 2 atom stereocenters. The Kier molecular flexibility index (Phi) is 5.49. The molecule has 0 radical (unpaired) electrons. The zero-order valence-corrected chi connectivity index (χ0v) is 14.5. The summed E-state index contributed by atoms with van der Waals surface area (Å²) in [7, 11) is 0. The Hall–Kier alpha value is -2.62. The first kappa shape index (κ1) is 17.2. The number of carbonyl (C=O) groups excluding carboxylic acids is 2. The summed E-state index contributed by atoms with van der Waals surface area (Å²) in [5.41, 5.74) is 2.28. The first-order valence-corrected chi connectivity index (χ1v) is 8.80. The molecule has 0 aliphatic carbocycles. The van der Waals surface area contributed by atoms with Gasteiger partial charge >= 0.3 is 0 Å². The van der Waals surface area contributed by atoms with Crippen molar-refractivity contribution in [1.29, 1.82) is 0 Å². The van der Waals surface area contributed by atoms with E-state index in [1.54, 1.807) is 0 Å². The van der Waals surface area contributed by atoms with Gasteiger partial charge in [-0.15, -0.1) is 0 Å². The average molecular weight is 336 g/mol. The van der Waals surface area contributed by atoms with Crippen LogP contribution in [0.3, 0.4) is 0 Å². The van der Waals surface area contributed by atoms with E-state index in [9.17, 15) is 9.59 Å². The molecule has 2 amide bonds. The molecule has 3 rings (SSSR count). The van der Waals surface area contributed by atoms with Gasteiger partial charge in [-0.1, -0.05) is 60.7 Å². The smallest absolute Gasteiger partial charge is 0.225 e. The molecule has 2 aromatic rings. The summed E-state index contributed by atoms with van der Waals surface area (Å²) in [5.74, 6) is -0.218. The summed E-state index contributed by atoms with van der Waals surface area (Å²) in [5, 5.41) is 3.04. The highest BCUT2D eigenvalue weighted by Gasteiger charge is 2.34. The van der Waals surface area contributed by atoms with Crippen LogP contribution in [0.25, 0.3) is 0 Å². The maximum Gasteiger partial charge on any atom is 0.225 e. The molecule has 1 aliphatic heterocycles. The van der Waals surface area contributed by atoms with Gasteiger partial charge in [-0.2, -0.15) is 0 Å². The fourth-order valence-electron chi connectivity index (χ4n) is 3.23. The molecule has 25 heavy (non-hydrogen) atoms. The van der Waals surface area contributed by atoms with Crippen LogP contribution >= 0.6 is 0 Å². The molecule has 1 saturated heterocycles. The molecule has 0 spiro atoms. The van der Waals surface area contributed by atoms with Crippen LogP contribution in [-0.4, -0.2) is 29.8 Å². The molecular formula is C21H24N2O2. The Bertz CT molecular complexity index is 715. The maximum atomic E-state index is 12.5. The van der Waals surface area contributed by atoms with E-state index >= 15 is 0 Å². The predicted octanol–water partition coefficient (Wildman–Crippen LogP) is 2.96. The molecule has 130 valence electrons. The normalized spacial score (nSPS) is 18.2. The first-order chi connectivity index (χ1) is 12.1. The fourth-order valence-corrected chi connectivity index (χ4v) is 3.23. The minimum absolute atomic E-state index is 0.0353. The van der Waals surface area contributed by atoms with Crippen LogP contribution in [0, 0.1) is 5.92 Å². The number of nitrogens with zero attached hydrogens (tertiary/aromatic N) is 1. The number of rotatable bonds is 6. The summed E-state index contributed by atoms with van der Waals surface area (Å²) in [4.78, 5) is 26.5. The lowest BCUT2D eigenvalue weighted by Crippen LogP contribution is -2.35. The lowest BCUT2D eigenvalue weighted by molar-refractivity contribution is -0.129. The molecule has 1 N–H and O–H groups in total. The van der Waals surface area contributed by atoms with Crippen molar-refractivity contribution in [3.8, 4) is 0 Å². The van der Waals surface area contributed by atoms with Crippen LogP contribution < -0.4 is 5.32 Å². The largest absolute Gasteiger partial charge is 0.349 e. The third-order valence-electron chi connectivity index (χ3n) is 4.76. The van der Waals surface area contributed by atoms with Crippen LogP contribution in [0.2, 0.25) is 0 Å². The van der Waals surface area contributed by atoms with E-state index in [0.29, 0.717) is 19.5 Å². The lowest BCUT2D eigenvalue weighted by Gasteiger charge is -2.19. The molecular weight excluding hydrogens is 312 g/mol. The molecule has 1 heterocycles. The highest BCUT2D eigenvalue weighted by atomic mass is 16.2. The standard InChI is InChI=1S/C21H24N2O2/c1-16(18-10-6-3-7-11-18)22-21(25)19-14-20(24)23(15-19)13-12-17-8-4-2-5-9-17/h2-11,16,19H,12-15H2,1H3,(H,22,25). The quantitative estimate of drug-likeness (QED) is 0.882.